The summed E-state index contributed by atoms with van der Waals surface area (Å²) in [6.07, 6.45) is 7.22. The van der Waals surface area contributed by atoms with Crippen LogP contribution in [0.1, 0.15) is 66.9 Å². The molecule has 0 bridgehead atoms. The number of hydrogen-bond donors (Lipinski definition) is 1. The van der Waals surface area contributed by atoms with Crippen LogP contribution >= 0.6 is 11.6 Å². The van der Waals surface area contributed by atoms with Gasteiger partial charge < -0.3 is 19.5 Å². The summed E-state index contributed by atoms with van der Waals surface area (Å²) in [5.41, 5.74) is 0.969. The number of fused-ring (bicyclic) bond motifs is 3. The van der Waals surface area contributed by atoms with E-state index in [1.807, 2.05) is 12.2 Å². The number of allylic oxidation sites excluding steroid dienone is 1. The highest BCUT2D eigenvalue weighted by Gasteiger charge is 2.51. The summed E-state index contributed by atoms with van der Waals surface area (Å²) < 4.78 is 41.5. The van der Waals surface area contributed by atoms with Gasteiger partial charge in [-0.05, 0) is 73.4 Å². The van der Waals surface area contributed by atoms with Crippen LogP contribution in [0.25, 0.3) is 0 Å². The second-order valence-corrected chi connectivity index (χ2v) is 11.7. The molecular weight excluding hydrogens is 524 g/mol. The van der Waals surface area contributed by atoms with Crippen LogP contribution in [0.2, 0.25) is 5.02 Å². The average Bonchev–Trinajstić information content (AvgIpc) is 3.06. The number of carbonyl (C=O) groups is 1. The number of methoxy groups -OCH3 is 1. The third-order valence-corrected chi connectivity index (χ3v) is 8.98. The highest BCUT2D eigenvalue weighted by Crippen LogP contribution is 2.52. The third kappa shape index (κ3) is 5.40. The number of esters is 1. The number of aliphatic hydroxyl groups is 1. The van der Waals surface area contributed by atoms with Crippen molar-refractivity contribution in [1.29, 1.82) is 0 Å². The fraction of sp³-hybridized carbons (Fsp3) is 0.516. The van der Waals surface area contributed by atoms with Crippen molar-refractivity contribution in [2.75, 3.05) is 31.7 Å². The van der Waals surface area contributed by atoms with E-state index in [1.54, 1.807) is 30.3 Å². The molecule has 1 spiro atoms. The van der Waals surface area contributed by atoms with E-state index in [-0.39, 0.29) is 41.9 Å². The maximum Gasteiger partial charge on any atom is 0.337 e. The summed E-state index contributed by atoms with van der Waals surface area (Å²) >= 11 is 6.16. The molecule has 2 aliphatic carbocycles. The molecule has 210 valence electrons. The number of rotatable bonds is 7. The maximum absolute atomic E-state index is 15.1. The molecule has 5 rings (SSSR count). The Morgan fingerprint density at radius 2 is 2.05 bits per heavy atom. The summed E-state index contributed by atoms with van der Waals surface area (Å²) in [6.45, 7) is 3.40. The summed E-state index contributed by atoms with van der Waals surface area (Å²) in [6, 6.07) is 9.97. The molecule has 39 heavy (non-hydrogen) atoms. The van der Waals surface area contributed by atoms with Crippen molar-refractivity contribution in [3.8, 4) is 5.75 Å². The van der Waals surface area contributed by atoms with Crippen LogP contribution in [-0.4, -0.2) is 44.0 Å². The number of hydrogen-bond acceptors (Lipinski definition) is 5. The zero-order chi connectivity index (χ0) is 27.8. The molecule has 1 fully saturated rings. The van der Waals surface area contributed by atoms with Gasteiger partial charge in [0.05, 0.1) is 31.1 Å². The number of benzene rings is 2. The van der Waals surface area contributed by atoms with Gasteiger partial charge in [-0.3, -0.25) is 0 Å². The highest BCUT2D eigenvalue weighted by atomic mass is 35.5. The smallest absolute Gasteiger partial charge is 0.337 e. The molecule has 1 saturated carbocycles. The van der Waals surface area contributed by atoms with Crippen molar-refractivity contribution in [2.24, 2.45) is 11.8 Å². The molecule has 5 nitrogen and oxygen atoms in total. The molecular formula is C31H36ClF2NO4. The van der Waals surface area contributed by atoms with Gasteiger partial charge in [0, 0.05) is 35.5 Å². The number of alkyl halides is 2. The summed E-state index contributed by atoms with van der Waals surface area (Å²) in [4.78, 5) is 14.6. The first kappa shape index (κ1) is 27.9. The first-order valence-corrected chi connectivity index (χ1v) is 14.2. The minimum atomic E-state index is -2.97. The van der Waals surface area contributed by atoms with Crippen LogP contribution in [0.15, 0.2) is 48.6 Å². The van der Waals surface area contributed by atoms with E-state index in [9.17, 15) is 9.90 Å². The SMILES string of the molecule is CCC/C=C/[C@H](O)[C@@H]1CC[C@H]1CN1CC2(CCC(F)(F)c3cc(Cl)ccc32)COc2ccc(C(=O)OC)cc21. The van der Waals surface area contributed by atoms with Gasteiger partial charge in [0.1, 0.15) is 5.75 Å². The van der Waals surface area contributed by atoms with Crippen molar-refractivity contribution in [2.45, 2.75) is 62.9 Å². The van der Waals surface area contributed by atoms with E-state index in [0.29, 0.717) is 30.0 Å². The molecule has 0 saturated heterocycles. The van der Waals surface area contributed by atoms with Crippen molar-refractivity contribution >= 4 is 23.3 Å². The van der Waals surface area contributed by atoms with Gasteiger partial charge in [-0.25, -0.2) is 13.6 Å². The van der Waals surface area contributed by atoms with Gasteiger partial charge in [0.25, 0.3) is 5.92 Å². The third-order valence-electron chi connectivity index (χ3n) is 8.74. The predicted molar refractivity (Wildman–Crippen MR) is 148 cm³/mol. The Morgan fingerprint density at radius 3 is 2.77 bits per heavy atom. The Morgan fingerprint density at radius 1 is 1.23 bits per heavy atom. The molecule has 4 atom stereocenters. The first-order chi connectivity index (χ1) is 18.7. The van der Waals surface area contributed by atoms with Gasteiger partial charge in [-0.2, -0.15) is 0 Å². The topological polar surface area (TPSA) is 59.0 Å². The van der Waals surface area contributed by atoms with E-state index >= 15 is 8.78 Å². The zero-order valence-electron chi connectivity index (χ0n) is 22.5. The number of carbonyl (C=O) groups excluding carboxylic acids is 1. The number of nitrogens with zero attached hydrogens (tertiary/aromatic N) is 1. The molecule has 0 amide bonds. The molecule has 2 aromatic rings. The van der Waals surface area contributed by atoms with E-state index in [4.69, 9.17) is 21.1 Å². The number of halogens is 3. The highest BCUT2D eigenvalue weighted by molar-refractivity contribution is 6.30. The monoisotopic (exact) mass is 559 g/mol. The quantitative estimate of drug-likeness (QED) is 0.295. The fourth-order valence-corrected chi connectivity index (χ4v) is 6.54. The lowest BCUT2D eigenvalue weighted by Gasteiger charge is -2.46. The van der Waals surface area contributed by atoms with Crippen molar-refractivity contribution in [3.63, 3.8) is 0 Å². The van der Waals surface area contributed by atoms with Crippen LogP contribution in [-0.2, 0) is 16.1 Å². The molecule has 0 aromatic heterocycles. The van der Waals surface area contributed by atoms with Gasteiger partial charge in [-0.1, -0.05) is 43.2 Å². The van der Waals surface area contributed by atoms with Crippen LogP contribution in [0, 0.1) is 11.8 Å². The van der Waals surface area contributed by atoms with Crippen LogP contribution in [0.4, 0.5) is 14.5 Å². The van der Waals surface area contributed by atoms with Gasteiger partial charge in [0.2, 0.25) is 0 Å². The number of unbranched alkanes of at least 4 members (excludes halogenated alkanes) is 1. The first-order valence-electron chi connectivity index (χ1n) is 13.8. The minimum absolute atomic E-state index is 0.0380. The van der Waals surface area contributed by atoms with Crippen LogP contribution in [0.3, 0.4) is 0 Å². The van der Waals surface area contributed by atoms with Gasteiger partial charge in [-0.15, -0.1) is 0 Å². The Hall–Kier alpha value is -2.64. The Bertz CT molecular complexity index is 1250. The van der Waals surface area contributed by atoms with Crippen molar-refractivity contribution < 1.29 is 28.2 Å². The van der Waals surface area contributed by atoms with Crippen molar-refractivity contribution in [1.82, 2.24) is 0 Å². The molecule has 3 aliphatic rings. The molecule has 1 heterocycles. The van der Waals surface area contributed by atoms with E-state index < -0.39 is 23.4 Å². The standard InChI is InChI=1S/C31H36ClF2NO4/c1-3-4-5-6-27(36)23-10-7-21(23)17-35-18-30(13-14-31(33,34)25-16-22(32)9-11-24(25)30)19-39-28-12-8-20(15-26(28)35)29(37)38-2/h5-6,8-9,11-12,15-16,21,23,27,36H,3-4,7,10,13-14,17-19H2,1-2H3/b6-5+/t21-,23+,27-,30?/m0/s1. The summed E-state index contributed by atoms with van der Waals surface area (Å²) in [7, 11) is 1.34. The molecule has 0 radical (unpaired) electrons. The van der Waals surface area contributed by atoms with E-state index in [0.717, 1.165) is 31.4 Å². The molecule has 8 heteroatoms. The summed E-state index contributed by atoms with van der Waals surface area (Å²) in [5.74, 6) is -2.49. The normalized spacial score (nSPS) is 26.3. The largest absolute Gasteiger partial charge is 0.490 e. The lowest BCUT2D eigenvalue weighted by atomic mass is 9.67. The lowest BCUT2D eigenvalue weighted by Crippen LogP contribution is -2.50. The second-order valence-electron chi connectivity index (χ2n) is 11.2. The second kappa shape index (κ2) is 11.1. The van der Waals surface area contributed by atoms with Crippen LogP contribution in [0.5, 0.6) is 5.75 Å². The minimum Gasteiger partial charge on any atom is -0.490 e. The predicted octanol–water partition coefficient (Wildman–Crippen LogP) is 6.89. The van der Waals surface area contributed by atoms with Crippen molar-refractivity contribution in [3.05, 3.63) is 70.3 Å². The molecule has 1 N–H and O–H groups in total. The Kier molecular flexibility index (Phi) is 7.93. The maximum atomic E-state index is 15.1. The zero-order valence-corrected chi connectivity index (χ0v) is 23.2. The average molecular weight is 560 g/mol. The van der Waals surface area contributed by atoms with Crippen LogP contribution < -0.4 is 9.64 Å². The Balaban J connectivity index is 1.52. The Labute approximate surface area is 233 Å². The van der Waals surface area contributed by atoms with E-state index in [2.05, 4.69) is 11.8 Å². The lowest BCUT2D eigenvalue weighted by molar-refractivity contribution is -0.0361. The number of aliphatic hydroxyl groups excluding tert-OH is 1. The molecule has 2 aromatic carbocycles. The number of anilines is 1. The summed E-state index contributed by atoms with van der Waals surface area (Å²) in [5, 5.41) is 11.1. The number of ether oxygens (including phenoxy) is 2. The molecule has 1 aliphatic heterocycles. The fourth-order valence-electron chi connectivity index (χ4n) is 6.37. The van der Waals surface area contributed by atoms with E-state index in [1.165, 1.54) is 13.2 Å². The molecule has 1 unspecified atom stereocenters. The van der Waals surface area contributed by atoms with Gasteiger partial charge >= 0.3 is 5.97 Å². The van der Waals surface area contributed by atoms with Gasteiger partial charge in [0.15, 0.2) is 0 Å².